The van der Waals surface area contributed by atoms with Crippen molar-refractivity contribution < 1.29 is 4.79 Å². The van der Waals surface area contributed by atoms with Crippen molar-refractivity contribution in [1.29, 1.82) is 0 Å². The molecule has 1 saturated carbocycles. The Hall–Kier alpha value is -0.530. The van der Waals surface area contributed by atoms with Crippen LogP contribution in [0, 0.1) is 5.92 Å². The number of carbonyl (C=O) groups excluding carboxylic acids is 1. The summed E-state index contributed by atoms with van der Waals surface area (Å²) in [4.78, 5) is 10.9. The van der Waals surface area contributed by atoms with Crippen LogP contribution < -0.4 is 5.32 Å². The van der Waals surface area contributed by atoms with Gasteiger partial charge in [-0.3, -0.25) is 4.79 Å². The average Bonchev–Trinajstić information content (AvgIpc) is 2.70. The minimum absolute atomic E-state index is 0.192. The molecular formula is C11H23NO. The van der Waals surface area contributed by atoms with Gasteiger partial charge in [0.2, 0.25) is 5.91 Å². The summed E-state index contributed by atoms with van der Waals surface area (Å²) in [5.74, 6) is 1.03. The first kappa shape index (κ1) is 12.5. The van der Waals surface area contributed by atoms with Crippen molar-refractivity contribution in [2.45, 2.75) is 52.4 Å². The topological polar surface area (TPSA) is 29.1 Å². The Labute approximate surface area is 82.1 Å². The molecule has 0 aromatic heterocycles. The lowest BCUT2D eigenvalue weighted by atomic mass is 10.0. The van der Waals surface area contributed by atoms with Crippen LogP contribution in [0.4, 0.5) is 0 Å². The quantitative estimate of drug-likeness (QED) is 0.719. The molecular weight excluding hydrogens is 162 g/mol. The molecule has 1 fully saturated rings. The van der Waals surface area contributed by atoms with Crippen molar-refractivity contribution in [3.05, 3.63) is 0 Å². The largest absolute Gasteiger partial charge is 0.359 e. The van der Waals surface area contributed by atoms with Crippen LogP contribution in [-0.4, -0.2) is 13.0 Å². The molecule has 0 spiro atoms. The number of amides is 1. The molecule has 0 radical (unpaired) electrons. The van der Waals surface area contributed by atoms with E-state index in [2.05, 4.69) is 5.32 Å². The van der Waals surface area contributed by atoms with Gasteiger partial charge in [0.1, 0.15) is 0 Å². The summed E-state index contributed by atoms with van der Waals surface area (Å²) in [6, 6.07) is 0. The van der Waals surface area contributed by atoms with E-state index < -0.39 is 0 Å². The second-order valence-corrected chi connectivity index (χ2v) is 3.36. The Morgan fingerprint density at radius 2 is 1.85 bits per heavy atom. The summed E-state index contributed by atoms with van der Waals surface area (Å²) in [6.07, 6.45) is 7.26. The van der Waals surface area contributed by atoms with Crippen molar-refractivity contribution in [3.63, 3.8) is 0 Å². The van der Waals surface area contributed by atoms with Gasteiger partial charge in [0.25, 0.3) is 0 Å². The monoisotopic (exact) mass is 185 g/mol. The van der Waals surface area contributed by atoms with Crippen LogP contribution in [0.3, 0.4) is 0 Å². The van der Waals surface area contributed by atoms with Gasteiger partial charge in [-0.25, -0.2) is 0 Å². The van der Waals surface area contributed by atoms with E-state index in [4.69, 9.17) is 0 Å². The van der Waals surface area contributed by atoms with Crippen LogP contribution in [-0.2, 0) is 4.79 Å². The highest BCUT2D eigenvalue weighted by Crippen LogP contribution is 2.28. The first-order valence-corrected chi connectivity index (χ1v) is 5.53. The molecule has 78 valence electrons. The standard InChI is InChI=1S/C9H17NO.C2H6/c1-10-9(11)7-6-8-4-2-3-5-8;1-2/h8H,2-7H2,1H3,(H,10,11);1-2H3. The van der Waals surface area contributed by atoms with E-state index >= 15 is 0 Å². The summed E-state index contributed by atoms with van der Waals surface area (Å²) in [7, 11) is 1.71. The van der Waals surface area contributed by atoms with Gasteiger partial charge in [0.05, 0.1) is 0 Å². The van der Waals surface area contributed by atoms with Crippen LogP contribution in [0.2, 0.25) is 0 Å². The van der Waals surface area contributed by atoms with Gasteiger partial charge in [-0.05, 0) is 12.3 Å². The predicted molar refractivity (Wildman–Crippen MR) is 56.6 cm³/mol. The van der Waals surface area contributed by atoms with Crippen molar-refractivity contribution >= 4 is 5.91 Å². The SMILES string of the molecule is CC.CNC(=O)CCC1CCCC1. The maximum Gasteiger partial charge on any atom is 0.219 e. The van der Waals surface area contributed by atoms with E-state index in [1.807, 2.05) is 13.8 Å². The Morgan fingerprint density at radius 3 is 2.31 bits per heavy atom. The molecule has 1 N–H and O–H groups in total. The van der Waals surface area contributed by atoms with Gasteiger partial charge < -0.3 is 5.32 Å². The van der Waals surface area contributed by atoms with E-state index in [-0.39, 0.29) is 5.91 Å². The van der Waals surface area contributed by atoms with Gasteiger partial charge in [-0.15, -0.1) is 0 Å². The van der Waals surface area contributed by atoms with Gasteiger partial charge in [0, 0.05) is 13.5 Å². The van der Waals surface area contributed by atoms with E-state index in [1.54, 1.807) is 7.05 Å². The smallest absolute Gasteiger partial charge is 0.219 e. The van der Waals surface area contributed by atoms with E-state index in [1.165, 1.54) is 25.7 Å². The zero-order valence-electron chi connectivity index (χ0n) is 9.23. The van der Waals surface area contributed by atoms with Crippen LogP contribution in [0.25, 0.3) is 0 Å². The molecule has 2 heteroatoms. The lowest BCUT2D eigenvalue weighted by Gasteiger charge is -2.06. The molecule has 1 amide bonds. The molecule has 0 aromatic rings. The Morgan fingerprint density at radius 1 is 1.31 bits per heavy atom. The average molecular weight is 185 g/mol. The molecule has 0 aliphatic heterocycles. The second kappa shape index (κ2) is 8.09. The summed E-state index contributed by atoms with van der Waals surface area (Å²) in [5.41, 5.74) is 0. The van der Waals surface area contributed by atoms with E-state index in [9.17, 15) is 4.79 Å². The van der Waals surface area contributed by atoms with Crippen LogP contribution in [0.15, 0.2) is 0 Å². The third-order valence-electron chi connectivity index (χ3n) is 2.53. The fourth-order valence-corrected chi connectivity index (χ4v) is 1.76. The van der Waals surface area contributed by atoms with Crippen molar-refractivity contribution in [1.82, 2.24) is 5.32 Å². The highest BCUT2D eigenvalue weighted by atomic mass is 16.1. The lowest BCUT2D eigenvalue weighted by Crippen LogP contribution is -2.18. The van der Waals surface area contributed by atoms with Gasteiger partial charge in [-0.1, -0.05) is 39.5 Å². The minimum atomic E-state index is 0.192. The third-order valence-corrected chi connectivity index (χ3v) is 2.53. The number of hydrogen-bond acceptors (Lipinski definition) is 1. The molecule has 2 nitrogen and oxygen atoms in total. The Bertz CT molecular complexity index is 128. The normalized spacial score (nSPS) is 16.2. The number of nitrogens with one attached hydrogen (secondary N) is 1. The molecule has 1 rings (SSSR count). The highest BCUT2D eigenvalue weighted by molar-refractivity contribution is 5.75. The summed E-state index contributed by atoms with van der Waals surface area (Å²) in [6.45, 7) is 4.00. The van der Waals surface area contributed by atoms with Gasteiger partial charge in [0.15, 0.2) is 0 Å². The summed E-state index contributed by atoms with van der Waals surface area (Å²) < 4.78 is 0. The molecule has 1 aliphatic rings. The molecule has 0 atom stereocenters. The molecule has 0 heterocycles. The molecule has 0 unspecified atom stereocenters. The number of rotatable bonds is 3. The zero-order chi connectivity index (χ0) is 10.1. The molecule has 0 aromatic carbocycles. The lowest BCUT2D eigenvalue weighted by molar-refractivity contribution is -0.120. The highest BCUT2D eigenvalue weighted by Gasteiger charge is 2.15. The Balaban J connectivity index is 0.000000671. The maximum atomic E-state index is 10.9. The van der Waals surface area contributed by atoms with E-state index in [0.717, 1.165) is 18.8 Å². The molecule has 1 aliphatic carbocycles. The van der Waals surface area contributed by atoms with Crippen molar-refractivity contribution in [3.8, 4) is 0 Å². The zero-order valence-corrected chi connectivity index (χ0v) is 9.23. The van der Waals surface area contributed by atoms with Crippen LogP contribution in [0.1, 0.15) is 52.4 Å². The fraction of sp³-hybridized carbons (Fsp3) is 0.909. The first-order valence-electron chi connectivity index (χ1n) is 5.53. The first-order chi connectivity index (χ1) is 6.33. The summed E-state index contributed by atoms with van der Waals surface area (Å²) >= 11 is 0. The van der Waals surface area contributed by atoms with Crippen LogP contribution in [0.5, 0.6) is 0 Å². The third kappa shape index (κ3) is 5.67. The second-order valence-electron chi connectivity index (χ2n) is 3.36. The summed E-state index contributed by atoms with van der Waals surface area (Å²) in [5, 5.41) is 2.65. The minimum Gasteiger partial charge on any atom is -0.359 e. The van der Waals surface area contributed by atoms with Crippen molar-refractivity contribution in [2.75, 3.05) is 7.05 Å². The fourth-order valence-electron chi connectivity index (χ4n) is 1.76. The van der Waals surface area contributed by atoms with Gasteiger partial charge in [-0.2, -0.15) is 0 Å². The maximum absolute atomic E-state index is 10.9. The molecule has 0 saturated heterocycles. The molecule has 0 bridgehead atoms. The number of hydrogen-bond donors (Lipinski definition) is 1. The molecule has 13 heavy (non-hydrogen) atoms. The van der Waals surface area contributed by atoms with Crippen LogP contribution >= 0.6 is 0 Å². The van der Waals surface area contributed by atoms with Crippen molar-refractivity contribution in [2.24, 2.45) is 5.92 Å². The van der Waals surface area contributed by atoms with E-state index in [0.29, 0.717) is 0 Å². The predicted octanol–water partition coefficient (Wildman–Crippen LogP) is 2.73. The Kier molecular flexibility index (Phi) is 7.76. The van der Waals surface area contributed by atoms with Gasteiger partial charge >= 0.3 is 0 Å². The number of carbonyl (C=O) groups is 1.